The Morgan fingerprint density at radius 1 is 1.12 bits per heavy atom. The number of rotatable bonds is 3. The highest BCUT2D eigenvalue weighted by Crippen LogP contribution is 2.31. The summed E-state index contributed by atoms with van der Waals surface area (Å²) in [6, 6.07) is 14.1. The first-order valence-electron chi connectivity index (χ1n) is 5.11. The second kappa shape index (κ2) is 5.91. The fourth-order valence-electron chi connectivity index (χ4n) is 1.42. The van der Waals surface area contributed by atoms with Crippen LogP contribution in [0.2, 0.25) is 5.02 Å². The van der Waals surface area contributed by atoms with E-state index in [0.717, 1.165) is 20.0 Å². The van der Waals surface area contributed by atoms with Gasteiger partial charge in [0.2, 0.25) is 0 Å². The Bertz CT molecular complexity index is 531. The Kier molecular flexibility index (Phi) is 4.51. The maximum atomic E-state index is 6.12. The maximum absolute atomic E-state index is 6.12. The zero-order valence-electron chi connectivity index (χ0n) is 8.99. The number of benzene rings is 2. The first-order valence-corrected chi connectivity index (χ1v) is 7.09. The maximum Gasteiger partial charge on any atom is 0.0462 e. The summed E-state index contributed by atoms with van der Waals surface area (Å²) in [5, 5.41) is 0.729. The summed E-state index contributed by atoms with van der Waals surface area (Å²) in [6.07, 6.45) is 0. The molecule has 0 radical (unpaired) electrons. The molecular formula is C13H11BrClNS. The molecule has 17 heavy (non-hydrogen) atoms. The summed E-state index contributed by atoms with van der Waals surface area (Å²) < 4.78 is 1.08. The van der Waals surface area contributed by atoms with Crippen molar-refractivity contribution in [3.8, 4) is 0 Å². The first kappa shape index (κ1) is 13.0. The Morgan fingerprint density at radius 2 is 1.88 bits per heavy atom. The largest absolute Gasteiger partial charge is 0.326 e. The molecule has 2 aromatic rings. The molecule has 0 fully saturated rings. The summed E-state index contributed by atoms with van der Waals surface area (Å²) in [5.41, 5.74) is 6.55. The predicted molar refractivity (Wildman–Crippen MR) is 77.6 cm³/mol. The fraction of sp³-hybridized carbons (Fsp3) is 0.0769. The lowest BCUT2D eigenvalue weighted by Crippen LogP contribution is -1.96. The van der Waals surface area contributed by atoms with E-state index >= 15 is 0 Å². The summed E-state index contributed by atoms with van der Waals surface area (Å²) in [6.45, 7) is 0.473. The van der Waals surface area contributed by atoms with E-state index in [-0.39, 0.29) is 0 Å². The Morgan fingerprint density at radius 3 is 2.53 bits per heavy atom. The van der Waals surface area contributed by atoms with Crippen LogP contribution in [-0.4, -0.2) is 0 Å². The van der Waals surface area contributed by atoms with Crippen LogP contribution < -0.4 is 5.73 Å². The number of hydrogen-bond donors (Lipinski definition) is 1. The lowest BCUT2D eigenvalue weighted by atomic mass is 10.2. The van der Waals surface area contributed by atoms with Gasteiger partial charge in [-0.1, -0.05) is 51.4 Å². The van der Waals surface area contributed by atoms with Gasteiger partial charge in [-0.05, 0) is 35.9 Å². The highest BCUT2D eigenvalue weighted by molar-refractivity contribution is 9.10. The average Bonchev–Trinajstić information content (AvgIpc) is 2.29. The topological polar surface area (TPSA) is 26.0 Å². The molecule has 2 rings (SSSR count). The van der Waals surface area contributed by atoms with Gasteiger partial charge in [0.25, 0.3) is 0 Å². The first-order chi connectivity index (χ1) is 8.19. The zero-order chi connectivity index (χ0) is 12.3. The van der Waals surface area contributed by atoms with Gasteiger partial charge in [-0.15, -0.1) is 0 Å². The zero-order valence-corrected chi connectivity index (χ0v) is 12.1. The standard InChI is InChI=1S/C13H11BrClNS/c14-10-2-1-3-11(6-10)17-12-5-4-9(8-16)13(15)7-12/h1-7H,8,16H2. The number of hydrogen-bond acceptors (Lipinski definition) is 2. The third kappa shape index (κ3) is 3.49. The van der Waals surface area contributed by atoms with E-state index in [1.54, 1.807) is 11.8 Å². The van der Waals surface area contributed by atoms with E-state index in [2.05, 4.69) is 28.1 Å². The van der Waals surface area contributed by atoms with Crippen LogP contribution in [0.3, 0.4) is 0 Å². The normalized spacial score (nSPS) is 10.5. The van der Waals surface area contributed by atoms with Gasteiger partial charge in [-0.3, -0.25) is 0 Å². The Balaban J connectivity index is 2.22. The van der Waals surface area contributed by atoms with Crippen LogP contribution in [0.5, 0.6) is 0 Å². The number of nitrogens with two attached hydrogens (primary N) is 1. The van der Waals surface area contributed by atoms with Gasteiger partial charge >= 0.3 is 0 Å². The molecule has 2 N–H and O–H groups in total. The molecular weight excluding hydrogens is 318 g/mol. The molecule has 0 bridgehead atoms. The van der Waals surface area contributed by atoms with Crippen molar-refractivity contribution >= 4 is 39.3 Å². The van der Waals surface area contributed by atoms with Crippen LogP contribution in [0.4, 0.5) is 0 Å². The molecule has 0 aliphatic carbocycles. The second-order valence-corrected chi connectivity index (χ2v) is 5.99. The van der Waals surface area contributed by atoms with Crippen molar-refractivity contribution in [3.63, 3.8) is 0 Å². The van der Waals surface area contributed by atoms with Crippen LogP contribution >= 0.6 is 39.3 Å². The fourth-order valence-corrected chi connectivity index (χ4v) is 3.21. The molecule has 88 valence electrons. The lowest BCUT2D eigenvalue weighted by Gasteiger charge is -2.05. The smallest absolute Gasteiger partial charge is 0.0462 e. The van der Waals surface area contributed by atoms with Crippen LogP contribution in [-0.2, 0) is 6.54 Å². The van der Waals surface area contributed by atoms with Crippen molar-refractivity contribution in [1.82, 2.24) is 0 Å². The second-order valence-electron chi connectivity index (χ2n) is 3.52. The van der Waals surface area contributed by atoms with Crippen molar-refractivity contribution in [3.05, 3.63) is 57.5 Å². The van der Waals surface area contributed by atoms with Gasteiger partial charge in [-0.25, -0.2) is 0 Å². The molecule has 4 heteroatoms. The van der Waals surface area contributed by atoms with Crippen molar-refractivity contribution in [2.75, 3.05) is 0 Å². The van der Waals surface area contributed by atoms with Gasteiger partial charge in [-0.2, -0.15) is 0 Å². The van der Waals surface area contributed by atoms with E-state index < -0.39 is 0 Å². The van der Waals surface area contributed by atoms with Crippen LogP contribution in [0, 0.1) is 0 Å². The summed E-state index contributed by atoms with van der Waals surface area (Å²) in [4.78, 5) is 2.29. The quantitative estimate of drug-likeness (QED) is 0.883. The van der Waals surface area contributed by atoms with Crippen molar-refractivity contribution in [2.45, 2.75) is 16.3 Å². The molecule has 0 saturated carbocycles. The minimum absolute atomic E-state index is 0.473. The van der Waals surface area contributed by atoms with E-state index in [1.165, 1.54) is 4.90 Å². The molecule has 0 atom stereocenters. The Labute approximate surface area is 118 Å². The van der Waals surface area contributed by atoms with E-state index in [9.17, 15) is 0 Å². The highest BCUT2D eigenvalue weighted by Gasteiger charge is 2.02. The molecule has 0 aliphatic rings. The molecule has 2 aromatic carbocycles. The Hall–Kier alpha value is -0.480. The summed E-state index contributed by atoms with van der Waals surface area (Å²) in [7, 11) is 0. The van der Waals surface area contributed by atoms with E-state index in [1.807, 2.05) is 30.3 Å². The molecule has 0 amide bonds. The van der Waals surface area contributed by atoms with Crippen molar-refractivity contribution in [2.24, 2.45) is 5.73 Å². The van der Waals surface area contributed by atoms with Gasteiger partial charge < -0.3 is 5.73 Å². The average molecular weight is 329 g/mol. The lowest BCUT2D eigenvalue weighted by molar-refractivity contribution is 1.07. The van der Waals surface area contributed by atoms with Crippen LogP contribution in [0.25, 0.3) is 0 Å². The minimum Gasteiger partial charge on any atom is -0.326 e. The minimum atomic E-state index is 0.473. The molecule has 0 heterocycles. The van der Waals surface area contributed by atoms with Crippen LogP contribution in [0.1, 0.15) is 5.56 Å². The van der Waals surface area contributed by atoms with Crippen LogP contribution in [0.15, 0.2) is 56.7 Å². The van der Waals surface area contributed by atoms with Gasteiger partial charge in [0, 0.05) is 25.8 Å². The van der Waals surface area contributed by atoms with Crippen molar-refractivity contribution in [1.29, 1.82) is 0 Å². The molecule has 1 nitrogen and oxygen atoms in total. The van der Waals surface area contributed by atoms with Gasteiger partial charge in [0.15, 0.2) is 0 Å². The van der Waals surface area contributed by atoms with Gasteiger partial charge in [0.05, 0.1) is 0 Å². The molecule has 0 aliphatic heterocycles. The highest BCUT2D eigenvalue weighted by atomic mass is 79.9. The molecule has 0 spiro atoms. The predicted octanol–water partition coefficient (Wildman–Crippen LogP) is 4.71. The van der Waals surface area contributed by atoms with Crippen molar-refractivity contribution < 1.29 is 0 Å². The van der Waals surface area contributed by atoms with Gasteiger partial charge in [0.1, 0.15) is 0 Å². The number of halogens is 2. The molecule has 0 saturated heterocycles. The SMILES string of the molecule is NCc1ccc(Sc2cccc(Br)c2)cc1Cl. The van der Waals surface area contributed by atoms with E-state index in [4.69, 9.17) is 17.3 Å². The third-order valence-corrected chi connectivity index (χ3v) is 4.10. The summed E-state index contributed by atoms with van der Waals surface area (Å²) >= 11 is 11.3. The third-order valence-electron chi connectivity index (χ3n) is 2.28. The molecule has 0 aromatic heterocycles. The molecule has 0 unspecified atom stereocenters. The monoisotopic (exact) mass is 327 g/mol. The van der Waals surface area contributed by atoms with E-state index in [0.29, 0.717) is 6.54 Å². The summed E-state index contributed by atoms with van der Waals surface area (Å²) in [5.74, 6) is 0.